The first kappa shape index (κ1) is 89.8. The van der Waals surface area contributed by atoms with Crippen molar-refractivity contribution in [1.82, 2.24) is 0 Å². The lowest BCUT2D eigenvalue weighted by molar-refractivity contribution is -0.161. The maximum Gasteiger partial charge on any atom is 0.472 e. The Balaban J connectivity index is 5.23. The summed E-state index contributed by atoms with van der Waals surface area (Å²) in [4.78, 5) is 72.6. The number of hydrogen-bond donors (Lipinski definition) is 3. The molecule has 17 nitrogen and oxygen atoms in total. The van der Waals surface area contributed by atoms with E-state index in [1.165, 1.54) is 186 Å². The number of phosphoric acid groups is 2. The Morgan fingerprint density at radius 1 is 0.293 bits per heavy atom. The Hall–Kier alpha value is -2.20. The normalized spacial score (nSPS) is 14.0. The van der Waals surface area contributed by atoms with Crippen molar-refractivity contribution in [3.05, 3.63) is 12.2 Å². The minimum atomic E-state index is -4.95. The Kier molecular flexibility index (Phi) is 65.8. The summed E-state index contributed by atoms with van der Waals surface area (Å²) >= 11 is 0. The zero-order valence-electron chi connectivity index (χ0n) is 59.3. The van der Waals surface area contributed by atoms with Gasteiger partial charge in [-0.05, 0) is 51.4 Å². The lowest BCUT2D eigenvalue weighted by Crippen LogP contribution is -2.30. The van der Waals surface area contributed by atoms with Crippen LogP contribution in [0.25, 0.3) is 0 Å². The zero-order chi connectivity index (χ0) is 67.5. The van der Waals surface area contributed by atoms with Crippen LogP contribution in [0.15, 0.2) is 12.2 Å². The van der Waals surface area contributed by atoms with Crippen molar-refractivity contribution in [3.63, 3.8) is 0 Å². The molecule has 0 bridgehead atoms. The number of allylic oxidation sites excluding steroid dienone is 2. The van der Waals surface area contributed by atoms with Crippen LogP contribution in [0, 0.1) is 0 Å². The first-order valence-corrected chi connectivity index (χ1v) is 40.9. The number of esters is 4. The highest BCUT2D eigenvalue weighted by atomic mass is 31.2. The molecule has 544 valence electrons. The molecule has 0 saturated carbocycles. The number of hydrogen-bond acceptors (Lipinski definition) is 15. The van der Waals surface area contributed by atoms with Crippen molar-refractivity contribution in [1.29, 1.82) is 0 Å². The van der Waals surface area contributed by atoms with Gasteiger partial charge in [-0.15, -0.1) is 0 Å². The number of ether oxygens (including phenoxy) is 4. The second-order valence-corrected chi connectivity index (χ2v) is 28.9. The van der Waals surface area contributed by atoms with E-state index in [-0.39, 0.29) is 25.7 Å². The first-order valence-electron chi connectivity index (χ1n) is 37.9. The van der Waals surface area contributed by atoms with Gasteiger partial charge in [-0.1, -0.05) is 310 Å². The van der Waals surface area contributed by atoms with Gasteiger partial charge < -0.3 is 33.8 Å². The van der Waals surface area contributed by atoms with Gasteiger partial charge >= 0.3 is 39.5 Å². The topological polar surface area (TPSA) is 237 Å². The van der Waals surface area contributed by atoms with Gasteiger partial charge in [-0.3, -0.25) is 37.3 Å². The van der Waals surface area contributed by atoms with E-state index in [4.69, 9.17) is 37.0 Å². The average Bonchev–Trinajstić information content (AvgIpc) is 2.55. The predicted molar refractivity (Wildman–Crippen MR) is 372 cm³/mol. The fourth-order valence-electron chi connectivity index (χ4n) is 10.9. The van der Waals surface area contributed by atoms with E-state index >= 15 is 0 Å². The van der Waals surface area contributed by atoms with E-state index in [1.54, 1.807) is 0 Å². The number of phosphoric ester groups is 2. The van der Waals surface area contributed by atoms with E-state index < -0.39 is 97.5 Å². The van der Waals surface area contributed by atoms with Gasteiger partial charge in [-0.25, -0.2) is 9.13 Å². The zero-order valence-corrected chi connectivity index (χ0v) is 61.1. The molecule has 3 N–H and O–H groups in total. The van der Waals surface area contributed by atoms with Gasteiger partial charge in [0.25, 0.3) is 0 Å². The standard InChI is InChI=1S/C73H140O17P2/c1-5-9-13-17-21-25-29-31-33-35-39-41-45-49-53-57-70(75)83-63-68(89-72(77)59-55-51-47-43-37-27-23-19-15-11-7-3)65-87-91(79,80)85-61-67(74)62-86-92(81,82)88-66-69(90-73(78)60-56-52-48-44-38-28-24-20-16-12-8-4)64-84-71(76)58-54-50-46-42-40-36-34-32-30-26-22-18-14-10-6-2/h31,33,67-69,74H,5-30,32,34-66H2,1-4H3,(H,79,80)(H,81,82)/b33-31-. The molecular formula is C73H140O17P2. The average molecular weight is 1350 g/mol. The number of rotatable bonds is 73. The number of aliphatic hydroxyl groups excluding tert-OH is 1. The summed E-state index contributed by atoms with van der Waals surface area (Å²) in [7, 11) is -9.91. The summed E-state index contributed by atoms with van der Waals surface area (Å²) in [6, 6.07) is 0. The molecule has 19 heteroatoms. The Morgan fingerprint density at radius 3 is 0.750 bits per heavy atom. The number of carbonyl (C=O) groups excluding carboxylic acids is 4. The summed E-state index contributed by atoms with van der Waals surface area (Å²) in [6.45, 7) is 4.93. The van der Waals surface area contributed by atoms with Crippen molar-refractivity contribution in [2.24, 2.45) is 0 Å². The molecule has 0 aromatic carbocycles. The fraction of sp³-hybridized carbons (Fsp3) is 0.918. The molecule has 0 aliphatic heterocycles. The molecule has 0 rings (SSSR count). The minimum Gasteiger partial charge on any atom is -0.462 e. The van der Waals surface area contributed by atoms with Gasteiger partial charge in [0, 0.05) is 25.7 Å². The SMILES string of the molecule is CCCCCCCC/C=C\CCCCCCCC(=O)OCC(COP(=O)(O)OCC(O)COP(=O)(O)OCC(COC(=O)CCCCCCCCCCCCCCCCC)OC(=O)CCCCCCCCCCCCC)OC(=O)CCCCCCCCCCCCC. The maximum atomic E-state index is 13.0. The van der Waals surface area contributed by atoms with Crippen LogP contribution in [0.2, 0.25) is 0 Å². The highest BCUT2D eigenvalue weighted by Gasteiger charge is 2.30. The summed E-state index contributed by atoms with van der Waals surface area (Å²) < 4.78 is 68.4. The van der Waals surface area contributed by atoms with Crippen LogP contribution in [0.1, 0.15) is 374 Å². The van der Waals surface area contributed by atoms with Crippen LogP contribution in [-0.2, 0) is 65.4 Å². The quantitative estimate of drug-likeness (QED) is 0.0169. The fourth-order valence-corrected chi connectivity index (χ4v) is 12.5. The lowest BCUT2D eigenvalue weighted by Gasteiger charge is -2.21. The summed E-state index contributed by atoms with van der Waals surface area (Å²) in [6.07, 6.45) is 57.8. The Morgan fingerprint density at radius 2 is 0.500 bits per heavy atom. The van der Waals surface area contributed by atoms with Crippen LogP contribution in [0.5, 0.6) is 0 Å². The van der Waals surface area contributed by atoms with E-state index in [0.29, 0.717) is 25.7 Å². The molecule has 0 aromatic heterocycles. The molecule has 0 fully saturated rings. The molecular weight excluding hydrogens is 1210 g/mol. The maximum absolute atomic E-state index is 13.0. The third kappa shape index (κ3) is 66.4. The van der Waals surface area contributed by atoms with Crippen LogP contribution < -0.4 is 0 Å². The largest absolute Gasteiger partial charge is 0.472 e. The van der Waals surface area contributed by atoms with Gasteiger partial charge in [0.2, 0.25) is 0 Å². The van der Waals surface area contributed by atoms with E-state index in [9.17, 15) is 43.2 Å². The Labute approximate surface area is 561 Å². The molecule has 92 heavy (non-hydrogen) atoms. The first-order chi connectivity index (χ1) is 44.7. The van der Waals surface area contributed by atoms with Crippen molar-refractivity contribution >= 4 is 39.5 Å². The van der Waals surface area contributed by atoms with Gasteiger partial charge in [0.05, 0.1) is 26.4 Å². The molecule has 0 saturated heterocycles. The molecule has 0 amide bonds. The van der Waals surface area contributed by atoms with E-state index in [1.807, 2.05) is 0 Å². The molecule has 0 aliphatic rings. The molecule has 0 aliphatic carbocycles. The molecule has 0 heterocycles. The van der Waals surface area contributed by atoms with Crippen molar-refractivity contribution < 1.29 is 80.2 Å². The van der Waals surface area contributed by atoms with Crippen LogP contribution in [-0.4, -0.2) is 96.7 Å². The van der Waals surface area contributed by atoms with Crippen LogP contribution in [0.3, 0.4) is 0 Å². The number of unbranched alkanes of at least 4 members (excludes halogenated alkanes) is 45. The van der Waals surface area contributed by atoms with E-state index in [0.717, 1.165) is 109 Å². The summed E-state index contributed by atoms with van der Waals surface area (Å²) in [5.41, 5.74) is 0. The molecule has 0 aromatic rings. The second-order valence-electron chi connectivity index (χ2n) is 26.0. The smallest absolute Gasteiger partial charge is 0.462 e. The van der Waals surface area contributed by atoms with Crippen LogP contribution in [0.4, 0.5) is 0 Å². The highest BCUT2D eigenvalue weighted by Crippen LogP contribution is 2.45. The third-order valence-electron chi connectivity index (χ3n) is 16.8. The van der Waals surface area contributed by atoms with Gasteiger partial charge in [-0.2, -0.15) is 0 Å². The number of aliphatic hydroxyl groups is 1. The van der Waals surface area contributed by atoms with Gasteiger partial charge in [0.1, 0.15) is 19.3 Å². The van der Waals surface area contributed by atoms with Crippen molar-refractivity contribution in [3.8, 4) is 0 Å². The highest BCUT2D eigenvalue weighted by molar-refractivity contribution is 7.47. The minimum absolute atomic E-state index is 0.104. The molecule has 5 atom stereocenters. The van der Waals surface area contributed by atoms with E-state index in [2.05, 4.69) is 39.8 Å². The summed E-state index contributed by atoms with van der Waals surface area (Å²) in [5, 5.41) is 10.6. The lowest BCUT2D eigenvalue weighted by atomic mass is 10.0. The van der Waals surface area contributed by atoms with Crippen molar-refractivity contribution in [2.45, 2.75) is 393 Å². The third-order valence-corrected chi connectivity index (χ3v) is 18.7. The number of carbonyl (C=O) groups is 4. The van der Waals surface area contributed by atoms with Crippen LogP contribution >= 0.6 is 15.6 Å². The summed E-state index contributed by atoms with van der Waals surface area (Å²) in [5.74, 6) is -2.13. The molecule has 5 unspecified atom stereocenters. The second kappa shape index (κ2) is 67.4. The van der Waals surface area contributed by atoms with Crippen molar-refractivity contribution in [2.75, 3.05) is 39.6 Å². The predicted octanol–water partition coefficient (Wildman–Crippen LogP) is 21.2. The molecule has 0 spiro atoms. The monoisotopic (exact) mass is 1350 g/mol. The Bertz CT molecular complexity index is 1800. The molecule has 0 radical (unpaired) electrons. The van der Waals surface area contributed by atoms with Gasteiger partial charge in [0.15, 0.2) is 12.2 Å².